The highest BCUT2D eigenvalue weighted by atomic mass is 32.2. The average molecular weight is 481 g/mol. The Morgan fingerprint density at radius 3 is 1.76 bits per heavy atom. The van der Waals surface area contributed by atoms with Crippen LogP contribution in [0.15, 0.2) is 88.7 Å². The highest BCUT2D eigenvalue weighted by Crippen LogP contribution is 2.26. The van der Waals surface area contributed by atoms with Crippen molar-refractivity contribution < 1.29 is 16.8 Å². The molecule has 0 spiro atoms. The number of rotatable bonds is 6. The third-order valence-electron chi connectivity index (χ3n) is 5.36. The second kappa shape index (κ2) is 8.53. The van der Waals surface area contributed by atoms with Crippen molar-refractivity contribution >= 4 is 42.2 Å². The predicted molar refractivity (Wildman–Crippen MR) is 133 cm³/mol. The van der Waals surface area contributed by atoms with E-state index < -0.39 is 20.0 Å². The van der Waals surface area contributed by atoms with Crippen LogP contribution < -0.4 is 9.44 Å². The summed E-state index contributed by atoms with van der Waals surface area (Å²) in [6, 6.07) is 21.8. The number of anilines is 2. The van der Waals surface area contributed by atoms with Crippen molar-refractivity contribution in [2.24, 2.45) is 0 Å². The predicted octanol–water partition coefficient (Wildman–Crippen LogP) is 5.37. The van der Waals surface area contributed by atoms with Gasteiger partial charge in [0.2, 0.25) is 0 Å². The molecular weight excluding hydrogens is 456 g/mol. The summed E-state index contributed by atoms with van der Waals surface area (Å²) >= 11 is 0. The minimum atomic E-state index is -3.84. The van der Waals surface area contributed by atoms with Crippen LogP contribution in [0.2, 0.25) is 0 Å². The van der Waals surface area contributed by atoms with Gasteiger partial charge >= 0.3 is 0 Å². The van der Waals surface area contributed by atoms with Crippen LogP contribution in [0.1, 0.15) is 16.7 Å². The van der Waals surface area contributed by atoms with Crippen LogP contribution in [0.4, 0.5) is 11.4 Å². The number of hydrogen-bond donors (Lipinski definition) is 2. The topological polar surface area (TPSA) is 92.3 Å². The van der Waals surface area contributed by atoms with Gasteiger partial charge in [-0.1, -0.05) is 48.0 Å². The van der Waals surface area contributed by atoms with Gasteiger partial charge in [-0.15, -0.1) is 0 Å². The molecule has 0 atom stereocenters. The van der Waals surface area contributed by atoms with Crippen LogP contribution in [0.25, 0.3) is 10.8 Å². The van der Waals surface area contributed by atoms with Crippen molar-refractivity contribution in [3.8, 4) is 0 Å². The Morgan fingerprint density at radius 2 is 1.12 bits per heavy atom. The molecule has 0 aliphatic heterocycles. The van der Waals surface area contributed by atoms with Crippen LogP contribution in [-0.2, 0) is 20.0 Å². The first kappa shape index (κ1) is 22.8. The monoisotopic (exact) mass is 480 g/mol. The summed E-state index contributed by atoms with van der Waals surface area (Å²) in [5.41, 5.74) is 3.52. The molecule has 4 aromatic rings. The highest BCUT2D eigenvalue weighted by molar-refractivity contribution is 7.93. The van der Waals surface area contributed by atoms with Crippen LogP contribution in [-0.4, -0.2) is 16.8 Å². The maximum absolute atomic E-state index is 12.9. The Labute approximate surface area is 194 Å². The lowest BCUT2D eigenvalue weighted by atomic mass is 10.1. The zero-order chi connectivity index (χ0) is 23.8. The standard InChI is InChI=1S/C25H24N2O4S2/c1-17-14-18(2)25(19(3)15-17)27-32(28,29)23-12-9-22(10-13-23)26-33(30,31)24-11-8-20-6-4-5-7-21(20)16-24/h4-16,26-27H,1-3H3. The van der Waals surface area contributed by atoms with Gasteiger partial charge in [0.15, 0.2) is 0 Å². The van der Waals surface area contributed by atoms with Gasteiger partial charge in [-0.3, -0.25) is 9.44 Å². The molecule has 0 aliphatic carbocycles. The Balaban J connectivity index is 1.56. The van der Waals surface area contributed by atoms with Crippen molar-refractivity contribution in [3.63, 3.8) is 0 Å². The van der Waals surface area contributed by atoms with Crippen molar-refractivity contribution in [1.29, 1.82) is 0 Å². The first-order valence-electron chi connectivity index (χ1n) is 10.3. The number of aryl methyl sites for hydroxylation is 3. The van der Waals surface area contributed by atoms with Gasteiger partial charge in [0, 0.05) is 5.69 Å². The van der Waals surface area contributed by atoms with Crippen molar-refractivity contribution in [1.82, 2.24) is 0 Å². The van der Waals surface area contributed by atoms with Crippen molar-refractivity contribution in [3.05, 3.63) is 95.6 Å². The molecule has 4 aromatic carbocycles. The van der Waals surface area contributed by atoms with E-state index in [1.54, 1.807) is 18.2 Å². The Morgan fingerprint density at radius 1 is 0.576 bits per heavy atom. The third kappa shape index (κ3) is 4.86. The van der Waals surface area contributed by atoms with Gasteiger partial charge in [0.1, 0.15) is 0 Å². The second-order valence-corrected chi connectivity index (χ2v) is 11.4. The van der Waals surface area contributed by atoms with Crippen LogP contribution in [0, 0.1) is 20.8 Å². The molecule has 6 nitrogen and oxygen atoms in total. The van der Waals surface area contributed by atoms with Gasteiger partial charge in [0.05, 0.1) is 15.5 Å². The van der Waals surface area contributed by atoms with Crippen LogP contribution >= 0.6 is 0 Å². The molecule has 0 unspecified atom stereocenters. The van der Waals surface area contributed by atoms with Gasteiger partial charge in [0.25, 0.3) is 20.0 Å². The van der Waals surface area contributed by atoms with Gasteiger partial charge in [-0.25, -0.2) is 16.8 Å². The van der Waals surface area contributed by atoms with Gasteiger partial charge in [-0.05, 0) is 79.1 Å². The van der Waals surface area contributed by atoms with E-state index in [1.165, 1.54) is 24.3 Å². The summed E-state index contributed by atoms with van der Waals surface area (Å²) in [6.45, 7) is 5.65. The normalized spacial score (nSPS) is 12.0. The van der Waals surface area contributed by atoms with E-state index in [9.17, 15) is 16.8 Å². The summed E-state index contributed by atoms with van der Waals surface area (Å²) in [4.78, 5) is 0.167. The molecule has 0 aromatic heterocycles. The zero-order valence-corrected chi connectivity index (χ0v) is 20.1. The Bertz CT molecular complexity index is 1540. The fourth-order valence-corrected chi connectivity index (χ4v) is 6.08. The lowest BCUT2D eigenvalue weighted by molar-refractivity contribution is 0.600. The molecule has 0 saturated carbocycles. The molecule has 0 heterocycles. The zero-order valence-electron chi connectivity index (χ0n) is 18.5. The average Bonchev–Trinajstić information content (AvgIpc) is 2.76. The fourth-order valence-electron chi connectivity index (χ4n) is 3.79. The Hall–Kier alpha value is -3.36. The van der Waals surface area contributed by atoms with Crippen molar-refractivity contribution in [2.75, 3.05) is 9.44 Å². The van der Waals surface area contributed by atoms with E-state index in [-0.39, 0.29) is 15.5 Å². The van der Waals surface area contributed by atoms with E-state index >= 15 is 0 Å². The molecule has 0 amide bonds. The first-order chi connectivity index (χ1) is 15.5. The Kier molecular flexibility index (Phi) is 5.90. The van der Waals surface area contributed by atoms with Gasteiger partial charge in [-0.2, -0.15) is 0 Å². The largest absolute Gasteiger partial charge is 0.280 e. The minimum absolute atomic E-state index is 0.0375. The molecular formula is C25H24N2O4S2. The fraction of sp³-hybridized carbons (Fsp3) is 0.120. The summed E-state index contributed by atoms with van der Waals surface area (Å²) in [6.07, 6.45) is 0. The van der Waals surface area contributed by atoms with E-state index in [0.717, 1.165) is 27.5 Å². The van der Waals surface area contributed by atoms with Crippen LogP contribution in [0.3, 0.4) is 0 Å². The van der Waals surface area contributed by atoms with E-state index in [2.05, 4.69) is 9.44 Å². The van der Waals surface area contributed by atoms with E-state index in [1.807, 2.05) is 57.2 Å². The highest BCUT2D eigenvalue weighted by Gasteiger charge is 2.19. The molecule has 2 N–H and O–H groups in total. The molecule has 8 heteroatoms. The number of hydrogen-bond acceptors (Lipinski definition) is 4. The molecule has 0 fully saturated rings. The minimum Gasteiger partial charge on any atom is -0.280 e. The quantitative estimate of drug-likeness (QED) is 0.388. The summed E-state index contributed by atoms with van der Waals surface area (Å²) in [5.74, 6) is 0. The second-order valence-electron chi connectivity index (χ2n) is 8.02. The molecule has 0 bridgehead atoms. The lowest BCUT2D eigenvalue weighted by Gasteiger charge is -2.15. The van der Waals surface area contributed by atoms with Gasteiger partial charge < -0.3 is 0 Å². The molecule has 4 rings (SSSR count). The third-order valence-corrected chi connectivity index (χ3v) is 8.11. The van der Waals surface area contributed by atoms with Crippen LogP contribution in [0.5, 0.6) is 0 Å². The number of fused-ring (bicyclic) bond motifs is 1. The summed E-state index contributed by atoms with van der Waals surface area (Å²) in [7, 11) is -7.67. The molecule has 0 radical (unpaired) electrons. The lowest BCUT2D eigenvalue weighted by Crippen LogP contribution is -2.15. The van der Waals surface area contributed by atoms with E-state index in [0.29, 0.717) is 5.69 Å². The first-order valence-corrected chi connectivity index (χ1v) is 13.2. The molecule has 33 heavy (non-hydrogen) atoms. The SMILES string of the molecule is Cc1cc(C)c(NS(=O)(=O)c2ccc(NS(=O)(=O)c3ccc4ccccc4c3)cc2)c(C)c1. The van der Waals surface area contributed by atoms with Crippen molar-refractivity contribution in [2.45, 2.75) is 30.6 Å². The number of sulfonamides is 2. The maximum atomic E-state index is 12.9. The maximum Gasteiger partial charge on any atom is 0.261 e. The molecule has 0 aliphatic rings. The summed E-state index contributed by atoms with van der Waals surface area (Å²) < 4.78 is 56.6. The molecule has 0 saturated heterocycles. The summed E-state index contributed by atoms with van der Waals surface area (Å²) in [5, 5.41) is 1.76. The molecule has 170 valence electrons. The number of benzene rings is 4. The number of nitrogens with one attached hydrogen (secondary N) is 2. The smallest absolute Gasteiger partial charge is 0.261 e. The van der Waals surface area contributed by atoms with E-state index in [4.69, 9.17) is 0 Å².